The highest BCUT2D eigenvalue weighted by molar-refractivity contribution is 5.87. The summed E-state index contributed by atoms with van der Waals surface area (Å²) in [5.41, 5.74) is 0.276. The van der Waals surface area contributed by atoms with Gasteiger partial charge in [-0.15, -0.1) is 0 Å². The van der Waals surface area contributed by atoms with Gasteiger partial charge in [0.15, 0.2) is 0 Å². The maximum absolute atomic E-state index is 10.6. The molecule has 0 aliphatic rings. The maximum Gasteiger partial charge on any atom is 0.335 e. The van der Waals surface area contributed by atoms with Gasteiger partial charge in [-0.1, -0.05) is 13.3 Å². The molecule has 0 unspecified atom stereocenters. The van der Waals surface area contributed by atoms with Gasteiger partial charge in [-0.05, 0) is 37.2 Å². The Hall–Kier alpha value is -1.55. The van der Waals surface area contributed by atoms with Crippen molar-refractivity contribution in [3.63, 3.8) is 0 Å². The lowest BCUT2D eigenvalue weighted by molar-refractivity contribution is 0.0697. The van der Waals surface area contributed by atoms with E-state index in [9.17, 15) is 4.79 Å². The Morgan fingerprint density at radius 1 is 1.29 bits per heavy atom. The number of ether oxygens (including phenoxy) is 1. The SMILES string of the molecule is CCCCNCCOc1ccc(C(=O)O)cc1. The molecule has 17 heavy (non-hydrogen) atoms. The molecular weight excluding hydrogens is 218 g/mol. The Balaban J connectivity index is 2.21. The van der Waals surface area contributed by atoms with Crippen LogP contribution in [0.5, 0.6) is 5.75 Å². The highest BCUT2D eigenvalue weighted by atomic mass is 16.5. The van der Waals surface area contributed by atoms with E-state index in [1.807, 2.05) is 0 Å². The number of carboxylic acids is 1. The van der Waals surface area contributed by atoms with Crippen LogP contribution < -0.4 is 10.1 Å². The molecule has 0 aliphatic heterocycles. The van der Waals surface area contributed by atoms with Crippen LogP contribution in [0, 0.1) is 0 Å². The summed E-state index contributed by atoms with van der Waals surface area (Å²) in [6.45, 7) is 4.57. The van der Waals surface area contributed by atoms with Crippen LogP contribution in [0.3, 0.4) is 0 Å². The number of unbranched alkanes of at least 4 members (excludes halogenated alkanes) is 1. The third kappa shape index (κ3) is 5.36. The first-order valence-electron chi connectivity index (χ1n) is 5.91. The van der Waals surface area contributed by atoms with E-state index in [1.54, 1.807) is 24.3 Å². The maximum atomic E-state index is 10.6. The molecule has 0 saturated heterocycles. The van der Waals surface area contributed by atoms with Crippen molar-refractivity contribution in [3.8, 4) is 5.75 Å². The second kappa shape index (κ2) is 7.68. The zero-order chi connectivity index (χ0) is 12.5. The molecule has 94 valence electrons. The predicted molar refractivity (Wildman–Crippen MR) is 66.7 cm³/mol. The minimum Gasteiger partial charge on any atom is -0.492 e. The third-order valence-corrected chi connectivity index (χ3v) is 2.36. The largest absolute Gasteiger partial charge is 0.492 e. The molecule has 0 amide bonds. The van der Waals surface area contributed by atoms with Crippen molar-refractivity contribution in [1.82, 2.24) is 5.32 Å². The quantitative estimate of drug-likeness (QED) is 0.680. The molecule has 0 saturated carbocycles. The number of rotatable bonds is 8. The summed E-state index contributed by atoms with van der Waals surface area (Å²) < 4.78 is 5.47. The number of benzene rings is 1. The van der Waals surface area contributed by atoms with Gasteiger partial charge in [-0.3, -0.25) is 0 Å². The number of hydrogen-bond donors (Lipinski definition) is 2. The van der Waals surface area contributed by atoms with Gasteiger partial charge in [0, 0.05) is 6.54 Å². The second-order valence-corrected chi connectivity index (χ2v) is 3.78. The van der Waals surface area contributed by atoms with Crippen molar-refractivity contribution in [2.45, 2.75) is 19.8 Å². The van der Waals surface area contributed by atoms with Crippen molar-refractivity contribution < 1.29 is 14.6 Å². The molecule has 2 N–H and O–H groups in total. The van der Waals surface area contributed by atoms with Crippen LogP contribution in [0.15, 0.2) is 24.3 Å². The molecule has 0 spiro atoms. The van der Waals surface area contributed by atoms with Crippen molar-refractivity contribution in [2.24, 2.45) is 0 Å². The van der Waals surface area contributed by atoms with E-state index in [1.165, 1.54) is 12.8 Å². The van der Waals surface area contributed by atoms with Crippen LogP contribution in [0.1, 0.15) is 30.1 Å². The van der Waals surface area contributed by atoms with Crippen LogP contribution in [0.4, 0.5) is 0 Å². The highest BCUT2D eigenvalue weighted by Gasteiger charge is 2.01. The summed E-state index contributed by atoms with van der Waals surface area (Å²) >= 11 is 0. The van der Waals surface area contributed by atoms with Crippen LogP contribution in [0.25, 0.3) is 0 Å². The number of carboxylic acid groups (broad SMARTS) is 1. The smallest absolute Gasteiger partial charge is 0.335 e. The van der Waals surface area contributed by atoms with Crippen LogP contribution in [-0.4, -0.2) is 30.8 Å². The van der Waals surface area contributed by atoms with Crippen LogP contribution in [-0.2, 0) is 0 Å². The van der Waals surface area contributed by atoms with Crippen molar-refractivity contribution in [1.29, 1.82) is 0 Å². The fourth-order valence-electron chi connectivity index (χ4n) is 1.36. The molecule has 1 rings (SSSR count). The Morgan fingerprint density at radius 3 is 2.59 bits per heavy atom. The number of nitrogens with one attached hydrogen (secondary N) is 1. The molecule has 0 atom stereocenters. The van der Waals surface area contributed by atoms with E-state index >= 15 is 0 Å². The molecule has 0 heterocycles. The van der Waals surface area contributed by atoms with E-state index in [4.69, 9.17) is 9.84 Å². The third-order valence-electron chi connectivity index (χ3n) is 2.36. The summed E-state index contributed by atoms with van der Waals surface area (Å²) in [5, 5.41) is 12.0. The lowest BCUT2D eigenvalue weighted by Gasteiger charge is -2.07. The Labute approximate surface area is 102 Å². The Morgan fingerprint density at radius 2 is 2.00 bits per heavy atom. The summed E-state index contributed by atoms with van der Waals surface area (Å²) in [5.74, 6) is -0.218. The number of carbonyl (C=O) groups is 1. The van der Waals surface area contributed by atoms with Crippen molar-refractivity contribution >= 4 is 5.97 Å². The van der Waals surface area contributed by atoms with Gasteiger partial charge in [0.25, 0.3) is 0 Å². The van der Waals surface area contributed by atoms with E-state index in [0.29, 0.717) is 12.4 Å². The van der Waals surface area contributed by atoms with E-state index < -0.39 is 5.97 Å². The molecule has 1 aromatic rings. The first kappa shape index (κ1) is 13.5. The molecule has 0 aliphatic carbocycles. The van der Waals surface area contributed by atoms with Gasteiger partial charge < -0.3 is 15.2 Å². The van der Waals surface area contributed by atoms with Gasteiger partial charge in [0.1, 0.15) is 12.4 Å². The fourth-order valence-corrected chi connectivity index (χ4v) is 1.36. The molecular formula is C13H19NO3. The molecule has 0 bridgehead atoms. The second-order valence-electron chi connectivity index (χ2n) is 3.78. The van der Waals surface area contributed by atoms with Gasteiger partial charge >= 0.3 is 5.97 Å². The van der Waals surface area contributed by atoms with Crippen LogP contribution >= 0.6 is 0 Å². The molecule has 1 aromatic carbocycles. The minimum absolute atomic E-state index is 0.276. The Bertz CT molecular complexity index is 335. The lowest BCUT2D eigenvalue weighted by Crippen LogP contribution is -2.21. The van der Waals surface area contributed by atoms with E-state index in [-0.39, 0.29) is 5.56 Å². The first-order chi connectivity index (χ1) is 8.24. The summed E-state index contributed by atoms with van der Waals surface area (Å²) in [6.07, 6.45) is 2.36. The summed E-state index contributed by atoms with van der Waals surface area (Å²) in [7, 11) is 0. The normalized spacial score (nSPS) is 10.2. The van der Waals surface area contributed by atoms with Gasteiger partial charge in [-0.25, -0.2) is 4.79 Å². The number of aromatic carboxylic acids is 1. The molecule has 4 nitrogen and oxygen atoms in total. The molecule has 0 radical (unpaired) electrons. The average Bonchev–Trinajstić information content (AvgIpc) is 2.34. The van der Waals surface area contributed by atoms with Gasteiger partial charge in [-0.2, -0.15) is 0 Å². The summed E-state index contributed by atoms with van der Waals surface area (Å²) in [4.78, 5) is 10.6. The topological polar surface area (TPSA) is 58.6 Å². The zero-order valence-corrected chi connectivity index (χ0v) is 10.1. The monoisotopic (exact) mass is 237 g/mol. The Kier molecular flexibility index (Phi) is 6.10. The minimum atomic E-state index is -0.919. The summed E-state index contributed by atoms with van der Waals surface area (Å²) in [6, 6.07) is 6.44. The van der Waals surface area contributed by atoms with Gasteiger partial charge in [0.2, 0.25) is 0 Å². The molecule has 4 heteroatoms. The zero-order valence-electron chi connectivity index (χ0n) is 10.1. The number of hydrogen-bond acceptors (Lipinski definition) is 3. The van der Waals surface area contributed by atoms with Crippen molar-refractivity contribution in [3.05, 3.63) is 29.8 Å². The van der Waals surface area contributed by atoms with Crippen molar-refractivity contribution in [2.75, 3.05) is 19.7 Å². The predicted octanol–water partition coefficient (Wildman–Crippen LogP) is 2.15. The average molecular weight is 237 g/mol. The van der Waals surface area contributed by atoms with E-state index in [0.717, 1.165) is 13.1 Å². The van der Waals surface area contributed by atoms with E-state index in [2.05, 4.69) is 12.2 Å². The lowest BCUT2D eigenvalue weighted by atomic mass is 10.2. The standard InChI is InChI=1S/C13H19NO3/c1-2-3-8-14-9-10-17-12-6-4-11(5-7-12)13(15)16/h4-7,14H,2-3,8-10H2,1H3,(H,15,16). The first-order valence-corrected chi connectivity index (χ1v) is 5.91. The van der Waals surface area contributed by atoms with Gasteiger partial charge in [0.05, 0.1) is 5.56 Å². The fraction of sp³-hybridized carbons (Fsp3) is 0.462. The highest BCUT2D eigenvalue weighted by Crippen LogP contribution is 2.11. The molecule has 0 fully saturated rings. The molecule has 0 aromatic heterocycles. The van der Waals surface area contributed by atoms with Crippen LogP contribution in [0.2, 0.25) is 0 Å².